The molecule has 17 heavy (non-hydrogen) atoms. The molecule has 0 radical (unpaired) electrons. The number of carbonyl (C=O) groups is 2. The lowest BCUT2D eigenvalue weighted by Crippen LogP contribution is -2.39. The Balaban J connectivity index is 2.35. The number of hydrogen-bond acceptors (Lipinski definition) is 3. The van der Waals surface area contributed by atoms with Crippen molar-refractivity contribution in [3.8, 4) is 0 Å². The zero-order valence-electron chi connectivity index (χ0n) is 9.50. The summed E-state index contributed by atoms with van der Waals surface area (Å²) in [6.45, 7) is 2.15. The third-order valence-corrected chi connectivity index (χ3v) is 2.14. The van der Waals surface area contributed by atoms with Gasteiger partial charge in [-0.1, -0.05) is 6.07 Å². The molecule has 0 aliphatic rings. The fourth-order valence-corrected chi connectivity index (χ4v) is 1.36. The summed E-state index contributed by atoms with van der Waals surface area (Å²) >= 11 is 5.37. The largest absolute Gasteiger partial charge is 0.332 e. The standard InChI is InChI=1S/C11H14ClN3O2/c1-8-3-2-4-9(14-8)7-13-11(17)15-10(16)5-6-12/h2-4H,5-7H2,1H3,(H2,13,15,16,17). The van der Waals surface area contributed by atoms with Crippen LogP contribution in [0.25, 0.3) is 0 Å². The van der Waals surface area contributed by atoms with E-state index in [-0.39, 0.29) is 18.8 Å². The maximum atomic E-state index is 11.3. The molecular formula is C11H14ClN3O2. The monoisotopic (exact) mass is 255 g/mol. The molecule has 0 saturated heterocycles. The minimum Gasteiger partial charge on any atom is -0.332 e. The fourth-order valence-electron chi connectivity index (χ4n) is 1.19. The third kappa shape index (κ3) is 5.31. The summed E-state index contributed by atoms with van der Waals surface area (Å²) in [6, 6.07) is 4.99. The molecule has 1 aromatic heterocycles. The lowest BCUT2D eigenvalue weighted by atomic mass is 10.3. The van der Waals surface area contributed by atoms with Crippen molar-refractivity contribution in [2.24, 2.45) is 0 Å². The van der Waals surface area contributed by atoms with E-state index in [9.17, 15) is 9.59 Å². The molecule has 3 amide bonds. The first-order valence-electron chi connectivity index (χ1n) is 5.18. The van der Waals surface area contributed by atoms with E-state index in [2.05, 4.69) is 15.6 Å². The number of hydrogen-bond donors (Lipinski definition) is 2. The number of alkyl halides is 1. The lowest BCUT2D eigenvalue weighted by molar-refractivity contribution is -0.119. The van der Waals surface area contributed by atoms with Crippen LogP contribution in [0.2, 0.25) is 0 Å². The van der Waals surface area contributed by atoms with E-state index >= 15 is 0 Å². The Hall–Kier alpha value is -1.62. The van der Waals surface area contributed by atoms with Gasteiger partial charge in [0.2, 0.25) is 5.91 Å². The molecule has 92 valence electrons. The van der Waals surface area contributed by atoms with E-state index in [0.717, 1.165) is 11.4 Å². The maximum Gasteiger partial charge on any atom is 0.321 e. The second-order valence-electron chi connectivity index (χ2n) is 3.44. The van der Waals surface area contributed by atoms with Crippen LogP contribution in [0.5, 0.6) is 0 Å². The van der Waals surface area contributed by atoms with Crippen molar-refractivity contribution >= 4 is 23.5 Å². The van der Waals surface area contributed by atoms with Crippen molar-refractivity contribution in [3.05, 3.63) is 29.6 Å². The van der Waals surface area contributed by atoms with Gasteiger partial charge in [-0.05, 0) is 19.1 Å². The van der Waals surface area contributed by atoms with Crippen LogP contribution in [-0.4, -0.2) is 22.8 Å². The Bertz CT molecular complexity index is 409. The number of carbonyl (C=O) groups excluding carboxylic acids is 2. The van der Waals surface area contributed by atoms with Crippen molar-refractivity contribution in [3.63, 3.8) is 0 Å². The van der Waals surface area contributed by atoms with Crippen molar-refractivity contribution in [1.29, 1.82) is 0 Å². The van der Waals surface area contributed by atoms with E-state index in [1.807, 2.05) is 19.1 Å². The Morgan fingerprint density at radius 3 is 2.82 bits per heavy atom. The summed E-state index contributed by atoms with van der Waals surface area (Å²) in [5.74, 6) is -0.201. The highest BCUT2D eigenvalue weighted by atomic mass is 35.5. The average Bonchev–Trinajstić information content (AvgIpc) is 2.27. The molecule has 1 heterocycles. The highest BCUT2D eigenvalue weighted by Crippen LogP contribution is 1.97. The average molecular weight is 256 g/mol. The summed E-state index contributed by atoms with van der Waals surface area (Å²) in [4.78, 5) is 26.5. The number of amides is 3. The van der Waals surface area contributed by atoms with Crippen LogP contribution in [0.1, 0.15) is 17.8 Å². The van der Waals surface area contributed by atoms with Crippen molar-refractivity contribution in [2.75, 3.05) is 5.88 Å². The Kier molecular flexibility index (Phi) is 5.42. The van der Waals surface area contributed by atoms with Gasteiger partial charge in [-0.3, -0.25) is 15.1 Å². The molecule has 0 fully saturated rings. The zero-order valence-corrected chi connectivity index (χ0v) is 10.3. The highest BCUT2D eigenvalue weighted by molar-refractivity contribution is 6.19. The lowest BCUT2D eigenvalue weighted by Gasteiger charge is -2.06. The topological polar surface area (TPSA) is 71.1 Å². The number of imide groups is 1. The summed E-state index contributed by atoms with van der Waals surface area (Å²) in [5, 5.41) is 4.70. The van der Waals surface area contributed by atoms with Gasteiger partial charge in [0.05, 0.1) is 12.2 Å². The van der Waals surface area contributed by atoms with E-state index in [0.29, 0.717) is 0 Å². The van der Waals surface area contributed by atoms with Gasteiger partial charge in [0.25, 0.3) is 0 Å². The van der Waals surface area contributed by atoms with Gasteiger partial charge < -0.3 is 5.32 Å². The number of aryl methyl sites for hydroxylation is 1. The minimum absolute atomic E-state index is 0.123. The van der Waals surface area contributed by atoms with Crippen LogP contribution in [0.4, 0.5) is 4.79 Å². The first-order chi connectivity index (χ1) is 8.11. The van der Waals surface area contributed by atoms with Crippen molar-refractivity contribution in [2.45, 2.75) is 19.9 Å². The summed E-state index contributed by atoms with van der Waals surface area (Å²) in [5.41, 5.74) is 1.62. The van der Waals surface area contributed by atoms with Crippen molar-refractivity contribution in [1.82, 2.24) is 15.6 Å². The van der Waals surface area contributed by atoms with Gasteiger partial charge in [-0.15, -0.1) is 11.6 Å². The first-order valence-corrected chi connectivity index (χ1v) is 5.71. The van der Waals surface area contributed by atoms with E-state index in [1.54, 1.807) is 6.07 Å². The highest BCUT2D eigenvalue weighted by Gasteiger charge is 2.06. The third-order valence-electron chi connectivity index (χ3n) is 1.95. The summed E-state index contributed by atoms with van der Waals surface area (Å²) in [7, 11) is 0. The van der Waals surface area contributed by atoms with E-state index in [1.165, 1.54) is 0 Å². The SMILES string of the molecule is Cc1cccc(CNC(=O)NC(=O)CCCl)n1. The Morgan fingerprint density at radius 1 is 1.41 bits per heavy atom. The second kappa shape index (κ2) is 6.85. The van der Waals surface area contributed by atoms with Crippen LogP contribution in [0, 0.1) is 6.92 Å². The molecule has 0 spiro atoms. The molecular weight excluding hydrogens is 242 g/mol. The number of halogens is 1. The van der Waals surface area contributed by atoms with Gasteiger partial charge in [-0.25, -0.2) is 4.79 Å². The van der Waals surface area contributed by atoms with Gasteiger partial charge >= 0.3 is 6.03 Å². The number of nitrogens with one attached hydrogen (secondary N) is 2. The van der Waals surface area contributed by atoms with Crippen molar-refractivity contribution < 1.29 is 9.59 Å². The van der Waals surface area contributed by atoms with Crippen LogP contribution >= 0.6 is 11.6 Å². The maximum absolute atomic E-state index is 11.3. The molecule has 0 bridgehead atoms. The molecule has 0 saturated carbocycles. The van der Waals surface area contributed by atoms with Gasteiger partial charge in [0, 0.05) is 18.0 Å². The molecule has 0 aliphatic carbocycles. The molecule has 6 heteroatoms. The summed E-state index contributed by atoms with van der Waals surface area (Å²) in [6.07, 6.45) is 0.123. The van der Waals surface area contributed by atoms with Crippen LogP contribution in [-0.2, 0) is 11.3 Å². The number of pyridine rings is 1. The van der Waals surface area contributed by atoms with Crippen LogP contribution < -0.4 is 10.6 Å². The zero-order chi connectivity index (χ0) is 12.7. The fraction of sp³-hybridized carbons (Fsp3) is 0.364. The number of nitrogens with zero attached hydrogens (tertiary/aromatic N) is 1. The first kappa shape index (κ1) is 13.4. The second-order valence-corrected chi connectivity index (χ2v) is 3.82. The minimum atomic E-state index is -0.538. The Labute approximate surface area is 105 Å². The molecule has 0 aliphatic heterocycles. The normalized spacial score (nSPS) is 9.76. The van der Waals surface area contributed by atoms with Gasteiger partial charge in [-0.2, -0.15) is 0 Å². The number of rotatable bonds is 4. The summed E-state index contributed by atoms with van der Waals surface area (Å²) < 4.78 is 0. The van der Waals surface area contributed by atoms with Crippen LogP contribution in [0.15, 0.2) is 18.2 Å². The Morgan fingerprint density at radius 2 is 2.18 bits per heavy atom. The van der Waals surface area contributed by atoms with Crippen LogP contribution in [0.3, 0.4) is 0 Å². The number of aromatic nitrogens is 1. The smallest absolute Gasteiger partial charge is 0.321 e. The predicted molar refractivity (Wildman–Crippen MR) is 64.7 cm³/mol. The molecule has 0 atom stereocenters. The molecule has 0 aromatic carbocycles. The molecule has 0 unspecified atom stereocenters. The number of urea groups is 1. The van der Waals surface area contributed by atoms with E-state index < -0.39 is 11.9 Å². The molecule has 5 nitrogen and oxygen atoms in total. The van der Waals surface area contributed by atoms with E-state index in [4.69, 9.17) is 11.6 Å². The van der Waals surface area contributed by atoms with Gasteiger partial charge in [0.1, 0.15) is 0 Å². The molecule has 1 rings (SSSR count). The molecule has 2 N–H and O–H groups in total. The van der Waals surface area contributed by atoms with Gasteiger partial charge in [0.15, 0.2) is 0 Å². The predicted octanol–water partition coefficient (Wildman–Crippen LogP) is 1.34. The quantitative estimate of drug-likeness (QED) is 0.798. The molecule has 1 aromatic rings.